The monoisotopic (exact) mass is 354 g/mol. The molecule has 0 unspecified atom stereocenters. The summed E-state index contributed by atoms with van der Waals surface area (Å²) in [5.41, 5.74) is 5.24. The van der Waals surface area contributed by atoms with E-state index in [2.05, 4.69) is 92.3 Å². The lowest BCUT2D eigenvalue weighted by Crippen LogP contribution is -2.30. The standard InChI is InChI=1S/C24H20NS/c1-15-8-10-19-17(14-15)9-11-20-21-12-13-25(3)22(24(21)26-23(19)20)18-7-5-4-6-16(18)2/h4-14H,1-3H3/q+1. The summed E-state index contributed by atoms with van der Waals surface area (Å²) in [4.78, 5) is 0. The topological polar surface area (TPSA) is 3.88 Å². The van der Waals surface area contributed by atoms with Gasteiger partial charge < -0.3 is 0 Å². The molecule has 0 spiro atoms. The molecule has 0 saturated carbocycles. The number of benzene rings is 3. The average Bonchev–Trinajstić information content (AvgIpc) is 3.01. The first-order valence-electron chi connectivity index (χ1n) is 8.94. The molecule has 0 amide bonds. The number of rotatable bonds is 1. The summed E-state index contributed by atoms with van der Waals surface area (Å²) in [5.74, 6) is 0. The Morgan fingerprint density at radius 1 is 0.769 bits per heavy atom. The molecule has 5 rings (SSSR count). The van der Waals surface area contributed by atoms with Gasteiger partial charge in [0, 0.05) is 21.5 Å². The van der Waals surface area contributed by atoms with E-state index in [1.807, 2.05) is 11.3 Å². The lowest BCUT2D eigenvalue weighted by molar-refractivity contribution is -0.659. The van der Waals surface area contributed by atoms with Gasteiger partial charge in [0.2, 0.25) is 5.69 Å². The molecule has 126 valence electrons. The van der Waals surface area contributed by atoms with Crippen LogP contribution >= 0.6 is 11.3 Å². The zero-order chi connectivity index (χ0) is 17.8. The Morgan fingerprint density at radius 2 is 1.54 bits per heavy atom. The van der Waals surface area contributed by atoms with Crippen molar-refractivity contribution in [2.75, 3.05) is 0 Å². The van der Waals surface area contributed by atoms with Gasteiger partial charge in [-0.1, -0.05) is 54.1 Å². The molecular formula is C24H20NS+. The molecule has 0 aliphatic rings. The van der Waals surface area contributed by atoms with E-state index in [1.165, 1.54) is 53.3 Å². The van der Waals surface area contributed by atoms with Gasteiger partial charge in [-0.25, -0.2) is 0 Å². The van der Waals surface area contributed by atoms with Crippen molar-refractivity contribution in [3.8, 4) is 11.3 Å². The summed E-state index contributed by atoms with van der Waals surface area (Å²) in [7, 11) is 2.15. The molecule has 0 atom stereocenters. The average molecular weight is 354 g/mol. The van der Waals surface area contributed by atoms with Gasteiger partial charge in [-0.15, -0.1) is 11.3 Å². The molecule has 2 heteroatoms. The highest BCUT2D eigenvalue weighted by molar-refractivity contribution is 7.27. The molecule has 2 aromatic heterocycles. The van der Waals surface area contributed by atoms with Gasteiger partial charge in [0.1, 0.15) is 11.7 Å². The highest BCUT2D eigenvalue weighted by Crippen LogP contribution is 2.41. The van der Waals surface area contributed by atoms with Crippen molar-refractivity contribution in [1.29, 1.82) is 0 Å². The Bertz CT molecular complexity index is 1310. The second-order valence-corrected chi connectivity index (χ2v) is 8.12. The third-order valence-corrected chi connectivity index (χ3v) is 6.56. The first kappa shape index (κ1) is 15.5. The molecule has 0 aliphatic heterocycles. The van der Waals surface area contributed by atoms with Gasteiger partial charge in [0.25, 0.3) is 0 Å². The second kappa shape index (κ2) is 5.65. The van der Waals surface area contributed by atoms with Crippen LogP contribution in [0.4, 0.5) is 0 Å². The normalized spacial score (nSPS) is 11.7. The van der Waals surface area contributed by atoms with Crippen molar-refractivity contribution >= 4 is 42.3 Å². The molecule has 0 aliphatic carbocycles. The summed E-state index contributed by atoms with van der Waals surface area (Å²) in [6, 6.07) is 22.2. The van der Waals surface area contributed by atoms with Crippen LogP contribution in [0.5, 0.6) is 0 Å². The summed E-state index contributed by atoms with van der Waals surface area (Å²) in [5, 5.41) is 5.39. The molecule has 1 nitrogen and oxygen atoms in total. The van der Waals surface area contributed by atoms with Crippen LogP contribution in [0.2, 0.25) is 0 Å². The zero-order valence-corrected chi connectivity index (χ0v) is 16.0. The van der Waals surface area contributed by atoms with E-state index in [4.69, 9.17) is 0 Å². The number of thiophene rings is 1. The molecule has 3 aromatic carbocycles. The molecule has 0 radical (unpaired) electrons. The lowest BCUT2D eigenvalue weighted by Gasteiger charge is -2.05. The number of hydrogen-bond donors (Lipinski definition) is 0. The Labute approximate surface area is 157 Å². The smallest absolute Gasteiger partial charge is 0.200 e. The van der Waals surface area contributed by atoms with Crippen LogP contribution in [-0.2, 0) is 7.05 Å². The van der Waals surface area contributed by atoms with Gasteiger partial charge in [-0.2, -0.15) is 4.57 Å². The molecule has 26 heavy (non-hydrogen) atoms. The number of aryl methyl sites for hydroxylation is 3. The van der Waals surface area contributed by atoms with Crippen LogP contribution in [0.15, 0.2) is 66.9 Å². The highest BCUT2D eigenvalue weighted by Gasteiger charge is 2.20. The quantitative estimate of drug-likeness (QED) is 0.310. The predicted octanol–water partition coefficient (Wildman–Crippen LogP) is 6.32. The van der Waals surface area contributed by atoms with E-state index in [0.29, 0.717) is 0 Å². The Morgan fingerprint density at radius 3 is 2.38 bits per heavy atom. The maximum atomic E-state index is 2.29. The SMILES string of the molecule is Cc1ccc2c(ccc3c4cc[n+](C)c(-c5ccccc5C)c4sc23)c1. The van der Waals surface area contributed by atoms with Crippen molar-refractivity contribution in [2.24, 2.45) is 7.05 Å². The van der Waals surface area contributed by atoms with Gasteiger partial charge >= 0.3 is 0 Å². The van der Waals surface area contributed by atoms with Gasteiger partial charge in [-0.3, -0.25) is 0 Å². The summed E-state index contributed by atoms with van der Waals surface area (Å²) >= 11 is 1.92. The number of nitrogens with zero attached hydrogens (tertiary/aromatic N) is 1. The molecule has 5 aromatic rings. The van der Waals surface area contributed by atoms with Crippen molar-refractivity contribution in [3.63, 3.8) is 0 Å². The minimum atomic E-state index is 1.31. The van der Waals surface area contributed by atoms with E-state index in [1.54, 1.807) is 0 Å². The Kier molecular flexibility index (Phi) is 3.38. The fourth-order valence-corrected chi connectivity index (χ4v) is 5.36. The first-order valence-corrected chi connectivity index (χ1v) is 9.75. The lowest BCUT2D eigenvalue weighted by atomic mass is 10.0. The zero-order valence-electron chi connectivity index (χ0n) is 15.2. The van der Waals surface area contributed by atoms with E-state index >= 15 is 0 Å². The fourth-order valence-electron chi connectivity index (χ4n) is 3.94. The van der Waals surface area contributed by atoms with Gasteiger partial charge in [-0.05, 0) is 36.2 Å². The third kappa shape index (κ3) is 2.19. The summed E-state index contributed by atoms with van der Waals surface area (Å²) < 4.78 is 5.01. The van der Waals surface area contributed by atoms with Crippen molar-refractivity contribution < 1.29 is 4.57 Å². The number of pyridine rings is 1. The number of hydrogen-bond acceptors (Lipinski definition) is 1. The van der Waals surface area contributed by atoms with Crippen LogP contribution in [0.1, 0.15) is 11.1 Å². The van der Waals surface area contributed by atoms with Crippen LogP contribution in [-0.4, -0.2) is 0 Å². The summed E-state index contributed by atoms with van der Waals surface area (Å²) in [6.45, 7) is 4.35. The Balaban J connectivity index is 1.95. The van der Waals surface area contributed by atoms with Crippen LogP contribution < -0.4 is 4.57 Å². The minimum Gasteiger partial charge on any atom is -0.200 e. The molecule has 0 saturated heterocycles. The molecule has 0 N–H and O–H groups in total. The maximum Gasteiger partial charge on any atom is 0.230 e. The molecule has 2 heterocycles. The van der Waals surface area contributed by atoms with Crippen molar-refractivity contribution in [1.82, 2.24) is 0 Å². The van der Waals surface area contributed by atoms with Crippen molar-refractivity contribution in [3.05, 3.63) is 78.0 Å². The second-order valence-electron chi connectivity index (χ2n) is 7.10. The largest absolute Gasteiger partial charge is 0.230 e. The fraction of sp³-hybridized carbons (Fsp3) is 0.125. The van der Waals surface area contributed by atoms with E-state index < -0.39 is 0 Å². The maximum absolute atomic E-state index is 2.29. The predicted molar refractivity (Wildman–Crippen MR) is 113 cm³/mol. The van der Waals surface area contributed by atoms with E-state index in [9.17, 15) is 0 Å². The van der Waals surface area contributed by atoms with E-state index in [0.717, 1.165) is 0 Å². The third-order valence-electron chi connectivity index (χ3n) is 5.30. The van der Waals surface area contributed by atoms with Crippen LogP contribution in [0.3, 0.4) is 0 Å². The number of fused-ring (bicyclic) bond motifs is 5. The Hall–Kier alpha value is -2.71. The highest BCUT2D eigenvalue weighted by atomic mass is 32.1. The molecule has 0 bridgehead atoms. The van der Waals surface area contributed by atoms with Crippen molar-refractivity contribution in [2.45, 2.75) is 13.8 Å². The van der Waals surface area contributed by atoms with Crippen LogP contribution in [0.25, 0.3) is 42.2 Å². The van der Waals surface area contributed by atoms with Crippen LogP contribution in [0, 0.1) is 13.8 Å². The first-order chi connectivity index (χ1) is 12.6. The number of aromatic nitrogens is 1. The molecular weight excluding hydrogens is 334 g/mol. The summed E-state index contributed by atoms with van der Waals surface area (Å²) in [6.07, 6.45) is 2.19. The minimum absolute atomic E-state index is 1.31. The molecule has 0 fully saturated rings. The van der Waals surface area contributed by atoms with Gasteiger partial charge in [0.15, 0.2) is 6.20 Å². The van der Waals surface area contributed by atoms with Gasteiger partial charge in [0.05, 0.1) is 5.56 Å². The van der Waals surface area contributed by atoms with E-state index in [-0.39, 0.29) is 0 Å².